The van der Waals surface area contributed by atoms with Gasteiger partial charge in [-0.15, -0.1) is 0 Å². The van der Waals surface area contributed by atoms with Gasteiger partial charge in [-0.2, -0.15) is 0 Å². The molecule has 0 aromatic heterocycles. The van der Waals surface area contributed by atoms with Crippen LogP contribution < -0.4 is 4.74 Å². The van der Waals surface area contributed by atoms with E-state index in [0.29, 0.717) is 16.9 Å². The topological polar surface area (TPSA) is 89.7 Å². The van der Waals surface area contributed by atoms with E-state index in [0.717, 1.165) is 0 Å². The molecule has 6 nitrogen and oxygen atoms in total. The molecule has 2 aromatic rings. The van der Waals surface area contributed by atoms with Crippen molar-refractivity contribution in [3.05, 3.63) is 75.8 Å². The molecule has 0 aliphatic carbocycles. The standard InChI is InChI=1S/C18H17NO5/c1-24-17-10-5-14(6-11-17)18(21)12-16(20)9-4-13-2-7-15(8-3-13)19(22)23/h2-11,18,21H,12H2,1H3/b9-4+. The number of hydrogen-bond donors (Lipinski definition) is 1. The molecular formula is C18H17NO5. The van der Waals surface area contributed by atoms with Gasteiger partial charge in [0.2, 0.25) is 0 Å². The Bertz CT molecular complexity index is 735. The number of rotatable bonds is 7. The molecule has 0 radical (unpaired) electrons. The lowest BCUT2D eigenvalue weighted by atomic mass is 10.0. The SMILES string of the molecule is COc1ccc(C(O)CC(=O)/C=C/c2ccc([N+](=O)[O-])cc2)cc1. The van der Waals surface area contributed by atoms with Gasteiger partial charge in [0.25, 0.3) is 5.69 Å². The van der Waals surface area contributed by atoms with Crippen molar-refractivity contribution in [2.45, 2.75) is 12.5 Å². The second-order valence-corrected chi connectivity index (χ2v) is 5.14. The van der Waals surface area contributed by atoms with E-state index in [1.165, 1.54) is 18.2 Å². The van der Waals surface area contributed by atoms with Crippen LogP contribution in [0.2, 0.25) is 0 Å². The second kappa shape index (κ2) is 8.03. The van der Waals surface area contributed by atoms with Crippen LogP contribution >= 0.6 is 0 Å². The Morgan fingerprint density at radius 1 is 1.21 bits per heavy atom. The van der Waals surface area contributed by atoms with E-state index in [9.17, 15) is 20.0 Å². The highest BCUT2D eigenvalue weighted by atomic mass is 16.6. The molecule has 0 fully saturated rings. The molecule has 1 N–H and O–H groups in total. The summed E-state index contributed by atoms with van der Waals surface area (Å²) in [6.45, 7) is 0. The Balaban J connectivity index is 1.94. The first-order valence-electron chi connectivity index (χ1n) is 7.27. The Morgan fingerprint density at radius 3 is 2.38 bits per heavy atom. The van der Waals surface area contributed by atoms with E-state index < -0.39 is 11.0 Å². The van der Waals surface area contributed by atoms with Crippen molar-refractivity contribution < 1.29 is 19.6 Å². The highest BCUT2D eigenvalue weighted by molar-refractivity contribution is 5.93. The number of benzene rings is 2. The van der Waals surface area contributed by atoms with Crippen LogP contribution in [0.25, 0.3) is 6.08 Å². The molecule has 0 aliphatic rings. The van der Waals surface area contributed by atoms with Gasteiger partial charge >= 0.3 is 0 Å². The summed E-state index contributed by atoms with van der Waals surface area (Å²) in [6, 6.07) is 12.7. The number of carbonyl (C=O) groups is 1. The molecular weight excluding hydrogens is 310 g/mol. The predicted octanol–water partition coefficient (Wildman–Crippen LogP) is 3.31. The van der Waals surface area contributed by atoms with E-state index in [2.05, 4.69) is 0 Å². The van der Waals surface area contributed by atoms with E-state index in [-0.39, 0.29) is 17.9 Å². The fraction of sp³-hybridized carbons (Fsp3) is 0.167. The molecule has 0 saturated carbocycles. The molecule has 0 heterocycles. The molecule has 6 heteroatoms. The molecule has 124 valence electrons. The highest BCUT2D eigenvalue weighted by Gasteiger charge is 2.11. The highest BCUT2D eigenvalue weighted by Crippen LogP contribution is 2.20. The number of nitro benzene ring substituents is 1. The van der Waals surface area contributed by atoms with Crippen LogP contribution in [0.4, 0.5) is 5.69 Å². The summed E-state index contributed by atoms with van der Waals surface area (Å²) in [5, 5.41) is 20.7. The van der Waals surface area contributed by atoms with Gasteiger partial charge in [0.05, 0.1) is 18.1 Å². The zero-order valence-electron chi connectivity index (χ0n) is 13.1. The summed E-state index contributed by atoms with van der Waals surface area (Å²) in [6.07, 6.45) is 1.97. The third kappa shape index (κ3) is 4.76. The molecule has 2 rings (SSSR count). The first-order chi connectivity index (χ1) is 11.5. The fourth-order valence-electron chi connectivity index (χ4n) is 2.10. The van der Waals surface area contributed by atoms with Gasteiger partial charge in [-0.25, -0.2) is 0 Å². The lowest BCUT2D eigenvalue weighted by molar-refractivity contribution is -0.384. The summed E-state index contributed by atoms with van der Waals surface area (Å²) in [5.41, 5.74) is 1.30. The van der Waals surface area contributed by atoms with Gasteiger partial charge in [0.15, 0.2) is 5.78 Å². The minimum Gasteiger partial charge on any atom is -0.497 e. The zero-order valence-corrected chi connectivity index (χ0v) is 13.1. The predicted molar refractivity (Wildman–Crippen MR) is 89.7 cm³/mol. The second-order valence-electron chi connectivity index (χ2n) is 5.14. The van der Waals surface area contributed by atoms with Crippen LogP contribution in [0.3, 0.4) is 0 Å². The average Bonchev–Trinajstić information content (AvgIpc) is 2.60. The maximum absolute atomic E-state index is 11.9. The van der Waals surface area contributed by atoms with Crippen molar-refractivity contribution >= 4 is 17.5 Å². The number of non-ortho nitro benzene ring substituents is 1. The summed E-state index contributed by atoms with van der Waals surface area (Å²) in [4.78, 5) is 22.0. The van der Waals surface area contributed by atoms with E-state index >= 15 is 0 Å². The van der Waals surface area contributed by atoms with Crippen LogP contribution in [0, 0.1) is 10.1 Å². The van der Waals surface area contributed by atoms with Crippen molar-refractivity contribution in [2.75, 3.05) is 7.11 Å². The van der Waals surface area contributed by atoms with Crippen LogP contribution in [0.15, 0.2) is 54.6 Å². The molecule has 0 spiro atoms. The number of hydrogen-bond acceptors (Lipinski definition) is 5. The third-order valence-electron chi connectivity index (χ3n) is 3.46. The fourth-order valence-corrected chi connectivity index (χ4v) is 2.10. The zero-order chi connectivity index (χ0) is 17.5. The van der Waals surface area contributed by atoms with Crippen LogP contribution in [-0.2, 0) is 4.79 Å². The number of nitro groups is 1. The third-order valence-corrected chi connectivity index (χ3v) is 3.46. The summed E-state index contributed by atoms with van der Waals surface area (Å²) in [5.74, 6) is 0.437. The smallest absolute Gasteiger partial charge is 0.269 e. The summed E-state index contributed by atoms with van der Waals surface area (Å²) < 4.78 is 5.04. The average molecular weight is 327 g/mol. The van der Waals surface area contributed by atoms with Crippen molar-refractivity contribution in [3.63, 3.8) is 0 Å². The molecule has 1 atom stereocenters. The number of aliphatic hydroxyl groups excluding tert-OH is 1. The maximum Gasteiger partial charge on any atom is 0.269 e. The van der Waals surface area contributed by atoms with Crippen molar-refractivity contribution in [3.8, 4) is 5.75 Å². The van der Waals surface area contributed by atoms with Crippen LogP contribution in [-0.4, -0.2) is 22.9 Å². The summed E-state index contributed by atoms with van der Waals surface area (Å²) >= 11 is 0. The molecule has 0 aliphatic heterocycles. The number of ether oxygens (including phenoxy) is 1. The van der Waals surface area contributed by atoms with E-state index in [1.54, 1.807) is 49.6 Å². The maximum atomic E-state index is 11.9. The van der Waals surface area contributed by atoms with Gasteiger partial charge in [-0.3, -0.25) is 14.9 Å². The van der Waals surface area contributed by atoms with Gasteiger partial charge in [0, 0.05) is 18.6 Å². The summed E-state index contributed by atoms with van der Waals surface area (Å²) in [7, 11) is 1.55. The number of nitrogens with zero attached hydrogens (tertiary/aromatic N) is 1. The Labute approximate surface area is 139 Å². The first-order valence-corrected chi connectivity index (χ1v) is 7.27. The van der Waals surface area contributed by atoms with Gasteiger partial charge in [0.1, 0.15) is 5.75 Å². The van der Waals surface area contributed by atoms with Gasteiger partial charge < -0.3 is 9.84 Å². The van der Waals surface area contributed by atoms with Gasteiger partial charge in [-0.05, 0) is 41.5 Å². The molecule has 0 amide bonds. The largest absolute Gasteiger partial charge is 0.497 e. The minimum absolute atomic E-state index is 0.00611. The number of aliphatic hydroxyl groups is 1. The Morgan fingerprint density at radius 2 is 1.83 bits per heavy atom. The van der Waals surface area contributed by atoms with Gasteiger partial charge in [-0.1, -0.05) is 18.2 Å². The molecule has 0 bridgehead atoms. The first kappa shape index (κ1) is 17.4. The number of ketones is 1. The monoisotopic (exact) mass is 327 g/mol. The molecule has 0 saturated heterocycles. The molecule has 2 aromatic carbocycles. The van der Waals surface area contributed by atoms with E-state index in [1.807, 2.05) is 0 Å². The normalized spacial score (nSPS) is 12.1. The van der Waals surface area contributed by atoms with Crippen molar-refractivity contribution in [1.29, 1.82) is 0 Å². The minimum atomic E-state index is -0.898. The van der Waals surface area contributed by atoms with Crippen LogP contribution in [0.5, 0.6) is 5.75 Å². The lowest BCUT2D eigenvalue weighted by Gasteiger charge is -2.09. The number of carbonyl (C=O) groups excluding carboxylic acids is 1. The van der Waals surface area contributed by atoms with Crippen LogP contribution in [0.1, 0.15) is 23.7 Å². The van der Waals surface area contributed by atoms with E-state index in [4.69, 9.17) is 4.74 Å². The Hall–Kier alpha value is -2.99. The van der Waals surface area contributed by atoms with Crippen molar-refractivity contribution in [2.24, 2.45) is 0 Å². The molecule has 24 heavy (non-hydrogen) atoms. The Kier molecular flexibility index (Phi) is 5.81. The number of methoxy groups -OCH3 is 1. The lowest BCUT2D eigenvalue weighted by Crippen LogP contribution is -2.04. The molecule has 1 unspecified atom stereocenters. The quantitative estimate of drug-likeness (QED) is 0.479. The van der Waals surface area contributed by atoms with Crippen molar-refractivity contribution in [1.82, 2.24) is 0 Å². The number of allylic oxidation sites excluding steroid dienone is 1.